The molecule has 0 bridgehead atoms. The zero-order valence-corrected chi connectivity index (χ0v) is 10.1. The van der Waals surface area contributed by atoms with E-state index in [1.54, 1.807) is 0 Å². The molecule has 0 atom stereocenters. The first-order valence-electron chi connectivity index (χ1n) is 4.88. The van der Waals surface area contributed by atoms with E-state index in [4.69, 9.17) is 5.11 Å². The maximum atomic E-state index is 11.2. The molecular weight excluding hydrogens is 198 g/mol. The van der Waals surface area contributed by atoms with Crippen LogP contribution in [0, 0.1) is 5.41 Å². The van der Waals surface area contributed by atoms with Crippen molar-refractivity contribution in [1.29, 1.82) is 0 Å². The zero-order valence-electron chi connectivity index (χ0n) is 9.30. The smallest absolute Gasteiger partial charge is 0.230 e. The number of aliphatic hydroxyl groups is 1. The summed E-state index contributed by atoms with van der Waals surface area (Å²) in [7, 11) is 0. The Morgan fingerprint density at radius 3 is 2.64 bits per heavy atom. The largest absolute Gasteiger partial charge is 0.396 e. The Morgan fingerprint density at radius 1 is 1.50 bits per heavy atom. The lowest BCUT2D eigenvalue weighted by atomic mass is 9.88. The highest BCUT2D eigenvalue weighted by molar-refractivity contribution is 7.99. The minimum atomic E-state index is 0.0802. The third-order valence-electron chi connectivity index (χ3n) is 2.05. The molecule has 0 heterocycles. The van der Waals surface area contributed by atoms with Gasteiger partial charge in [-0.05, 0) is 24.5 Å². The van der Waals surface area contributed by atoms with E-state index in [1.165, 1.54) is 11.8 Å². The molecule has 14 heavy (non-hydrogen) atoms. The van der Waals surface area contributed by atoms with Crippen LogP contribution in [0.1, 0.15) is 26.7 Å². The van der Waals surface area contributed by atoms with Crippen molar-refractivity contribution in [2.24, 2.45) is 5.41 Å². The van der Waals surface area contributed by atoms with Crippen LogP contribution in [0.25, 0.3) is 0 Å². The van der Waals surface area contributed by atoms with Gasteiger partial charge in [-0.25, -0.2) is 0 Å². The maximum Gasteiger partial charge on any atom is 0.230 e. The Balaban J connectivity index is 3.68. The van der Waals surface area contributed by atoms with Crippen molar-refractivity contribution in [3.63, 3.8) is 0 Å². The lowest BCUT2D eigenvalue weighted by Crippen LogP contribution is -2.35. The number of hydrogen-bond acceptors (Lipinski definition) is 3. The van der Waals surface area contributed by atoms with E-state index in [-0.39, 0.29) is 17.9 Å². The highest BCUT2D eigenvalue weighted by Crippen LogP contribution is 2.20. The van der Waals surface area contributed by atoms with Crippen molar-refractivity contribution in [3.8, 4) is 0 Å². The maximum absolute atomic E-state index is 11.2. The third kappa shape index (κ3) is 7.21. The summed E-state index contributed by atoms with van der Waals surface area (Å²) in [5, 5.41) is 11.6. The Morgan fingerprint density at radius 2 is 2.14 bits per heavy atom. The molecule has 0 aromatic heterocycles. The molecule has 84 valence electrons. The summed E-state index contributed by atoms with van der Waals surface area (Å²) in [5.74, 6) is 0.616. The molecule has 0 fully saturated rings. The number of rotatable bonds is 7. The number of amides is 1. The van der Waals surface area contributed by atoms with Crippen molar-refractivity contribution < 1.29 is 9.90 Å². The summed E-state index contributed by atoms with van der Waals surface area (Å²) < 4.78 is 0. The summed E-state index contributed by atoms with van der Waals surface area (Å²) in [6, 6.07) is 0. The second-order valence-electron chi connectivity index (χ2n) is 4.20. The van der Waals surface area contributed by atoms with E-state index >= 15 is 0 Å². The van der Waals surface area contributed by atoms with Crippen molar-refractivity contribution in [2.45, 2.75) is 26.7 Å². The van der Waals surface area contributed by atoms with Gasteiger partial charge in [0.05, 0.1) is 5.75 Å². The van der Waals surface area contributed by atoms with E-state index < -0.39 is 0 Å². The van der Waals surface area contributed by atoms with Crippen LogP contribution in [0.5, 0.6) is 0 Å². The molecular formula is C10H21NO2S. The van der Waals surface area contributed by atoms with Gasteiger partial charge in [0.1, 0.15) is 0 Å². The normalized spacial score (nSPS) is 11.4. The molecule has 1 amide bonds. The number of nitrogens with one attached hydrogen (secondary N) is 1. The van der Waals surface area contributed by atoms with Crippen LogP contribution in [0.15, 0.2) is 0 Å². The van der Waals surface area contributed by atoms with Gasteiger partial charge in [-0.2, -0.15) is 11.8 Å². The molecule has 0 unspecified atom stereocenters. The molecule has 0 saturated carbocycles. The van der Waals surface area contributed by atoms with E-state index in [1.807, 2.05) is 6.26 Å². The molecule has 0 aromatic carbocycles. The number of carbonyl (C=O) groups is 1. The first kappa shape index (κ1) is 13.8. The minimum absolute atomic E-state index is 0.0802. The molecule has 0 aromatic rings. The monoisotopic (exact) mass is 219 g/mol. The number of carbonyl (C=O) groups excluding carboxylic acids is 1. The molecule has 2 N–H and O–H groups in total. The average Bonchev–Trinajstić information content (AvgIpc) is 2.13. The van der Waals surface area contributed by atoms with Gasteiger partial charge in [0.2, 0.25) is 5.91 Å². The van der Waals surface area contributed by atoms with Crippen molar-refractivity contribution in [3.05, 3.63) is 0 Å². The predicted octanol–water partition coefficient (Wildman–Crippen LogP) is 1.26. The van der Waals surface area contributed by atoms with Gasteiger partial charge < -0.3 is 10.4 Å². The molecule has 0 rings (SSSR count). The highest BCUT2D eigenvalue weighted by atomic mass is 32.2. The fourth-order valence-electron chi connectivity index (χ4n) is 1.17. The first-order valence-corrected chi connectivity index (χ1v) is 6.28. The summed E-state index contributed by atoms with van der Waals surface area (Å²) in [5.41, 5.74) is 0.0802. The van der Waals surface area contributed by atoms with E-state index in [2.05, 4.69) is 19.2 Å². The van der Waals surface area contributed by atoms with Crippen molar-refractivity contribution >= 4 is 17.7 Å². The van der Waals surface area contributed by atoms with Crippen LogP contribution in [-0.4, -0.2) is 36.2 Å². The van der Waals surface area contributed by atoms with Gasteiger partial charge >= 0.3 is 0 Å². The summed E-state index contributed by atoms with van der Waals surface area (Å²) >= 11 is 1.53. The van der Waals surface area contributed by atoms with E-state index in [9.17, 15) is 4.79 Å². The van der Waals surface area contributed by atoms with Crippen LogP contribution in [0.2, 0.25) is 0 Å². The molecule has 0 spiro atoms. The number of aliphatic hydroxyl groups excluding tert-OH is 1. The fourth-order valence-corrected chi connectivity index (χ4v) is 1.53. The highest BCUT2D eigenvalue weighted by Gasteiger charge is 2.17. The van der Waals surface area contributed by atoms with Crippen molar-refractivity contribution in [2.75, 3.05) is 25.2 Å². The zero-order chi connectivity index (χ0) is 11.0. The summed E-state index contributed by atoms with van der Waals surface area (Å²) in [4.78, 5) is 11.2. The quantitative estimate of drug-likeness (QED) is 0.678. The van der Waals surface area contributed by atoms with Gasteiger partial charge in [0, 0.05) is 13.2 Å². The fraction of sp³-hybridized carbons (Fsp3) is 0.900. The Bertz CT molecular complexity index is 172. The lowest BCUT2D eigenvalue weighted by molar-refractivity contribution is -0.119. The van der Waals surface area contributed by atoms with Crippen LogP contribution < -0.4 is 5.32 Å². The Hall–Kier alpha value is -0.220. The SMILES string of the molecule is CSCC(=O)NCC(C)(C)CCCO. The second-order valence-corrected chi connectivity index (χ2v) is 5.07. The second kappa shape index (κ2) is 7.12. The van der Waals surface area contributed by atoms with Crippen LogP contribution in [0.3, 0.4) is 0 Å². The van der Waals surface area contributed by atoms with E-state index in [0.29, 0.717) is 12.3 Å². The van der Waals surface area contributed by atoms with Crippen LogP contribution >= 0.6 is 11.8 Å². The van der Waals surface area contributed by atoms with Gasteiger partial charge in [-0.15, -0.1) is 0 Å². The van der Waals surface area contributed by atoms with Gasteiger partial charge in [-0.1, -0.05) is 13.8 Å². The lowest BCUT2D eigenvalue weighted by Gasteiger charge is -2.24. The van der Waals surface area contributed by atoms with Crippen molar-refractivity contribution in [1.82, 2.24) is 5.32 Å². The molecule has 4 heteroatoms. The molecule has 0 aliphatic heterocycles. The Labute approximate surface area is 90.7 Å². The molecule has 0 aliphatic carbocycles. The number of hydrogen-bond donors (Lipinski definition) is 2. The summed E-state index contributed by atoms with van der Waals surface area (Å²) in [6.07, 6.45) is 3.64. The van der Waals surface area contributed by atoms with E-state index in [0.717, 1.165) is 12.8 Å². The molecule has 0 radical (unpaired) electrons. The average molecular weight is 219 g/mol. The van der Waals surface area contributed by atoms with Crippen LogP contribution in [-0.2, 0) is 4.79 Å². The topological polar surface area (TPSA) is 49.3 Å². The van der Waals surface area contributed by atoms with Gasteiger partial charge in [-0.3, -0.25) is 4.79 Å². The van der Waals surface area contributed by atoms with Crippen LogP contribution in [0.4, 0.5) is 0 Å². The first-order chi connectivity index (χ1) is 6.52. The predicted molar refractivity (Wildman–Crippen MR) is 61.5 cm³/mol. The Kier molecular flexibility index (Phi) is 7.01. The molecule has 0 saturated heterocycles. The summed E-state index contributed by atoms with van der Waals surface area (Å²) in [6.45, 7) is 5.11. The number of thioether (sulfide) groups is 1. The standard InChI is InChI=1S/C10H21NO2S/c1-10(2,5-4-6-12)8-11-9(13)7-14-3/h12H,4-8H2,1-3H3,(H,11,13). The third-order valence-corrected chi connectivity index (χ3v) is 2.60. The molecule has 3 nitrogen and oxygen atoms in total. The van der Waals surface area contributed by atoms with Gasteiger partial charge in [0.15, 0.2) is 0 Å². The molecule has 0 aliphatic rings. The minimum Gasteiger partial charge on any atom is -0.396 e. The van der Waals surface area contributed by atoms with Gasteiger partial charge in [0.25, 0.3) is 0 Å².